The van der Waals surface area contributed by atoms with Gasteiger partial charge in [0.1, 0.15) is 0 Å². The van der Waals surface area contributed by atoms with Crippen molar-refractivity contribution < 1.29 is 8.42 Å². The van der Waals surface area contributed by atoms with E-state index in [4.69, 9.17) is 11.6 Å². The van der Waals surface area contributed by atoms with Crippen LogP contribution in [-0.4, -0.2) is 50.2 Å². The fourth-order valence-corrected chi connectivity index (χ4v) is 5.61. The SMILES string of the molecule is Cn1ncc2c([AsH]Cc3cccc(S(C)(=O)=O)c3)nc(Cl)nc21. The molecule has 0 aliphatic heterocycles. The summed E-state index contributed by atoms with van der Waals surface area (Å²) in [6, 6.07) is 7.04. The first-order valence-corrected chi connectivity index (χ1v) is 11.5. The Kier molecular flexibility index (Phi) is 4.45. The number of hydrogen-bond donors (Lipinski definition) is 0. The van der Waals surface area contributed by atoms with E-state index in [2.05, 4.69) is 15.1 Å². The number of hydrogen-bond acceptors (Lipinski definition) is 5. The van der Waals surface area contributed by atoms with Gasteiger partial charge in [-0.15, -0.1) is 0 Å². The summed E-state index contributed by atoms with van der Waals surface area (Å²) in [6.45, 7) is 0. The molecule has 6 nitrogen and oxygen atoms in total. The van der Waals surface area contributed by atoms with Gasteiger partial charge in [0.05, 0.1) is 0 Å². The fraction of sp³-hybridized carbons (Fsp3) is 0.214. The van der Waals surface area contributed by atoms with Crippen LogP contribution in [0.3, 0.4) is 0 Å². The van der Waals surface area contributed by atoms with Gasteiger partial charge in [-0.25, -0.2) is 0 Å². The number of fused-ring (bicyclic) bond motifs is 1. The Bertz CT molecular complexity index is 988. The molecule has 23 heavy (non-hydrogen) atoms. The Morgan fingerprint density at radius 2 is 2.09 bits per heavy atom. The molecule has 2 aromatic heterocycles. The summed E-state index contributed by atoms with van der Waals surface area (Å²) >= 11 is 5.35. The van der Waals surface area contributed by atoms with Crippen LogP contribution in [0.5, 0.6) is 0 Å². The van der Waals surface area contributed by atoms with Crippen LogP contribution >= 0.6 is 11.6 Å². The maximum absolute atomic E-state index is 11.6. The van der Waals surface area contributed by atoms with Gasteiger partial charge in [-0.05, 0) is 0 Å². The van der Waals surface area contributed by atoms with Crippen LogP contribution in [0.2, 0.25) is 5.28 Å². The first-order chi connectivity index (χ1) is 10.8. The van der Waals surface area contributed by atoms with Crippen LogP contribution in [0.15, 0.2) is 35.4 Å². The number of sulfone groups is 1. The van der Waals surface area contributed by atoms with Crippen LogP contribution in [0.1, 0.15) is 5.56 Å². The van der Waals surface area contributed by atoms with Crippen molar-refractivity contribution in [1.29, 1.82) is 0 Å². The van der Waals surface area contributed by atoms with Gasteiger partial charge in [-0.3, -0.25) is 0 Å². The summed E-state index contributed by atoms with van der Waals surface area (Å²) in [5, 5.41) is 6.10. The fourth-order valence-electron chi connectivity index (χ4n) is 2.20. The van der Waals surface area contributed by atoms with E-state index in [1.54, 1.807) is 29.1 Å². The molecule has 1 atom stereocenters. The van der Waals surface area contributed by atoms with Crippen LogP contribution in [0, 0.1) is 0 Å². The molecule has 0 spiro atoms. The molecule has 0 radical (unpaired) electrons. The van der Waals surface area contributed by atoms with E-state index < -0.39 is 25.6 Å². The van der Waals surface area contributed by atoms with Crippen molar-refractivity contribution in [3.05, 3.63) is 41.3 Å². The third-order valence-electron chi connectivity index (χ3n) is 3.35. The molecule has 0 bridgehead atoms. The van der Waals surface area contributed by atoms with E-state index in [1.165, 1.54) is 6.26 Å². The summed E-state index contributed by atoms with van der Waals surface area (Å²) in [4.78, 5) is 8.87. The first kappa shape index (κ1) is 16.4. The average Bonchev–Trinajstić information content (AvgIpc) is 2.86. The second kappa shape index (κ2) is 6.23. The molecular formula is C14H14AsClN4O2S. The normalized spacial score (nSPS) is 12.5. The van der Waals surface area contributed by atoms with Crippen molar-refractivity contribution in [2.24, 2.45) is 7.05 Å². The van der Waals surface area contributed by atoms with E-state index in [-0.39, 0.29) is 5.28 Å². The molecule has 3 aromatic rings. The maximum atomic E-state index is 11.6. The Labute approximate surface area is 145 Å². The number of benzene rings is 1. The van der Waals surface area contributed by atoms with Gasteiger partial charge in [0.2, 0.25) is 0 Å². The Balaban J connectivity index is 1.90. The predicted octanol–water partition coefficient (Wildman–Crippen LogP) is 0.682. The molecule has 9 heteroatoms. The molecule has 1 unspecified atom stereocenters. The van der Waals surface area contributed by atoms with Crippen molar-refractivity contribution in [3.63, 3.8) is 0 Å². The van der Waals surface area contributed by atoms with Gasteiger partial charge in [-0.1, -0.05) is 0 Å². The zero-order valence-corrected chi connectivity index (χ0v) is 16.2. The molecule has 0 saturated heterocycles. The first-order valence-electron chi connectivity index (χ1n) is 6.73. The molecule has 0 N–H and O–H groups in total. The zero-order valence-electron chi connectivity index (χ0n) is 12.5. The van der Waals surface area contributed by atoms with Crippen LogP contribution < -0.4 is 4.48 Å². The zero-order chi connectivity index (χ0) is 16.6. The standard InChI is InChI=1S/C14H14AsClN4O2S/c1-20-13-11(8-17-20)12(18-14(16)19-13)15-7-9-4-3-5-10(6-9)23(2,21)22/h3-6,8,15H,7H2,1-2H3. The predicted molar refractivity (Wildman–Crippen MR) is 91.4 cm³/mol. The second-order valence-electron chi connectivity index (χ2n) is 5.12. The van der Waals surface area contributed by atoms with Crippen molar-refractivity contribution in [2.75, 3.05) is 6.26 Å². The molecule has 1 aromatic carbocycles. The topological polar surface area (TPSA) is 77.7 Å². The Morgan fingerprint density at radius 3 is 2.83 bits per heavy atom. The van der Waals surface area contributed by atoms with Crippen LogP contribution in [0.25, 0.3) is 11.0 Å². The molecular weight excluding hydrogens is 399 g/mol. The van der Waals surface area contributed by atoms with Crippen LogP contribution in [-0.2, 0) is 22.1 Å². The van der Waals surface area contributed by atoms with Gasteiger partial charge < -0.3 is 0 Å². The van der Waals surface area contributed by atoms with Crippen molar-refractivity contribution in [3.8, 4) is 0 Å². The number of halogens is 1. The Hall–Kier alpha value is -1.43. The van der Waals surface area contributed by atoms with Crippen molar-refractivity contribution >= 4 is 52.7 Å². The minimum atomic E-state index is -3.19. The monoisotopic (exact) mass is 412 g/mol. The van der Waals surface area contributed by atoms with Gasteiger partial charge in [0, 0.05) is 0 Å². The molecule has 0 aliphatic rings. The minimum absolute atomic E-state index is 0.213. The summed E-state index contributed by atoms with van der Waals surface area (Å²) in [5.41, 5.74) is 1.70. The summed E-state index contributed by atoms with van der Waals surface area (Å²) < 4.78 is 25.9. The molecule has 0 aliphatic carbocycles. The van der Waals surface area contributed by atoms with Gasteiger partial charge >= 0.3 is 146 Å². The van der Waals surface area contributed by atoms with Crippen LogP contribution in [0.4, 0.5) is 0 Å². The van der Waals surface area contributed by atoms with E-state index in [9.17, 15) is 8.42 Å². The number of nitrogens with zero attached hydrogens (tertiary/aromatic N) is 4. The average molecular weight is 413 g/mol. The summed E-state index contributed by atoms with van der Waals surface area (Å²) in [5.74, 6) is 0. The molecule has 0 amide bonds. The summed E-state index contributed by atoms with van der Waals surface area (Å²) in [7, 11) is -1.38. The van der Waals surface area contributed by atoms with Gasteiger partial charge in [0.15, 0.2) is 0 Å². The molecule has 0 saturated carbocycles. The number of aromatic nitrogens is 4. The van der Waals surface area contributed by atoms with E-state index in [0.29, 0.717) is 10.5 Å². The molecule has 2 heterocycles. The van der Waals surface area contributed by atoms with E-state index >= 15 is 0 Å². The van der Waals surface area contributed by atoms with E-state index in [1.807, 2.05) is 13.1 Å². The third-order valence-corrected chi connectivity index (χ3v) is 7.36. The Morgan fingerprint density at radius 1 is 1.30 bits per heavy atom. The molecule has 0 fully saturated rings. The van der Waals surface area contributed by atoms with Crippen molar-refractivity contribution in [1.82, 2.24) is 19.7 Å². The second-order valence-corrected chi connectivity index (χ2v) is 9.95. The molecule has 120 valence electrons. The quantitative estimate of drug-likeness (QED) is 0.465. The summed E-state index contributed by atoms with van der Waals surface area (Å²) in [6.07, 6.45) is 2.96. The number of aryl methyl sites for hydroxylation is 1. The van der Waals surface area contributed by atoms with Gasteiger partial charge in [0.25, 0.3) is 0 Å². The van der Waals surface area contributed by atoms with Crippen molar-refractivity contribution in [2.45, 2.75) is 10.1 Å². The molecule has 3 rings (SSSR count). The third kappa shape index (κ3) is 3.57. The van der Waals surface area contributed by atoms with Gasteiger partial charge in [-0.2, -0.15) is 0 Å². The van der Waals surface area contributed by atoms with E-state index in [0.717, 1.165) is 20.6 Å². The number of rotatable bonds is 4.